The van der Waals surface area contributed by atoms with Gasteiger partial charge in [-0.2, -0.15) is 0 Å². The number of hydrogen-bond acceptors (Lipinski definition) is 4. The zero-order valence-electron chi connectivity index (χ0n) is 16.5. The van der Waals surface area contributed by atoms with E-state index < -0.39 is 6.04 Å². The zero-order chi connectivity index (χ0) is 19.8. The lowest BCUT2D eigenvalue weighted by atomic mass is 10.1. The highest BCUT2D eigenvalue weighted by molar-refractivity contribution is 5.82. The number of phenols is 1. The minimum Gasteiger partial charge on any atom is -0.508 e. The summed E-state index contributed by atoms with van der Waals surface area (Å²) in [7, 11) is 0. The standard InChI is InChI=1S/C23H31N3O2/c24-22(18-20-9-11-21(27)12-10-20)23(28)26-15-5-14-25(16-17-26)13-4-8-19-6-2-1-3-7-19/h1-3,6-7,9-12,22,27H,4-5,8,13-18,24H2. The quantitative estimate of drug-likeness (QED) is 0.773. The Balaban J connectivity index is 1.43. The summed E-state index contributed by atoms with van der Waals surface area (Å²) in [5.41, 5.74) is 8.53. The van der Waals surface area contributed by atoms with Crippen molar-refractivity contribution in [2.75, 3.05) is 32.7 Å². The molecule has 0 aromatic heterocycles. The van der Waals surface area contributed by atoms with Gasteiger partial charge in [0.25, 0.3) is 0 Å². The van der Waals surface area contributed by atoms with Gasteiger partial charge in [0.15, 0.2) is 0 Å². The number of hydrogen-bond donors (Lipinski definition) is 2. The average Bonchev–Trinajstić information content (AvgIpc) is 2.96. The first-order valence-electron chi connectivity index (χ1n) is 10.2. The molecule has 1 heterocycles. The maximum absolute atomic E-state index is 12.8. The molecule has 3 rings (SSSR count). The molecule has 5 heteroatoms. The van der Waals surface area contributed by atoms with Crippen molar-refractivity contribution in [3.63, 3.8) is 0 Å². The van der Waals surface area contributed by atoms with Crippen LogP contribution in [-0.4, -0.2) is 59.6 Å². The molecule has 0 radical (unpaired) electrons. The lowest BCUT2D eigenvalue weighted by Crippen LogP contribution is -2.46. The Kier molecular flexibility index (Phi) is 7.46. The summed E-state index contributed by atoms with van der Waals surface area (Å²) < 4.78 is 0. The van der Waals surface area contributed by atoms with Gasteiger partial charge < -0.3 is 20.6 Å². The van der Waals surface area contributed by atoms with Crippen molar-refractivity contribution >= 4 is 5.91 Å². The third-order valence-electron chi connectivity index (χ3n) is 5.39. The summed E-state index contributed by atoms with van der Waals surface area (Å²) in [5.74, 6) is 0.253. The van der Waals surface area contributed by atoms with Crippen LogP contribution in [0.15, 0.2) is 54.6 Å². The predicted molar refractivity (Wildman–Crippen MR) is 112 cm³/mol. The van der Waals surface area contributed by atoms with Gasteiger partial charge in [-0.1, -0.05) is 42.5 Å². The molecule has 0 bridgehead atoms. The largest absolute Gasteiger partial charge is 0.508 e. The van der Waals surface area contributed by atoms with Crippen LogP contribution in [0.2, 0.25) is 0 Å². The molecule has 1 aliphatic heterocycles. The van der Waals surface area contributed by atoms with Crippen molar-refractivity contribution in [2.45, 2.75) is 31.7 Å². The fourth-order valence-corrected chi connectivity index (χ4v) is 3.77. The van der Waals surface area contributed by atoms with E-state index in [-0.39, 0.29) is 11.7 Å². The third-order valence-corrected chi connectivity index (χ3v) is 5.39. The van der Waals surface area contributed by atoms with E-state index in [1.165, 1.54) is 5.56 Å². The van der Waals surface area contributed by atoms with E-state index in [4.69, 9.17) is 5.73 Å². The molecule has 2 aromatic rings. The van der Waals surface area contributed by atoms with E-state index >= 15 is 0 Å². The second-order valence-electron chi connectivity index (χ2n) is 7.59. The van der Waals surface area contributed by atoms with E-state index in [1.54, 1.807) is 12.1 Å². The molecule has 28 heavy (non-hydrogen) atoms. The first-order valence-corrected chi connectivity index (χ1v) is 10.2. The normalized spacial score (nSPS) is 16.5. The molecule has 0 aliphatic carbocycles. The van der Waals surface area contributed by atoms with E-state index in [1.807, 2.05) is 17.0 Å². The van der Waals surface area contributed by atoms with Crippen molar-refractivity contribution in [1.29, 1.82) is 0 Å². The predicted octanol–water partition coefficient (Wildman–Crippen LogP) is 2.43. The van der Waals surface area contributed by atoms with Gasteiger partial charge in [0.1, 0.15) is 5.75 Å². The fraction of sp³-hybridized carbons (Fsp3) is 0.435. The molecule has 1 amide bonds. The SMILES string of the molecule is NC(Cc1ccc(O)cc1)C(=O)N1CCCN(CCCc2ccccc2)CC1. The molecule has 1 aliphatic rings. The number of aryl methyl sites for hydroxylation is 1. The lowest BCUT2D eigenvalue weighted by Gasteiger charge is -2.25. The van der Waals surface area contributed by atoms with Crippen molar-refractivity contribution in [2.24, 2.45) is 5.73 Å². The van der Waals surface area contributed by atoms with E-state index in [9.17, 15) is 9.90 Å². The summed E-state index contributed by atoms with van der Waals surface area (Å²) in [6, 6.07) is 17.0. The molecule has 1 fully saturated rings. The number of rotatable bonds is 7. The van der Waals surface area contributed by atoms with Crippen molar-refractivity contribution in [3.8, 4) is 5.75 Å². The third kappa shape index (κ3) is 6.08. The molecule has 5 nitrogen and oxygen atoms in total. The van der Waals surface area contributed by atoms with Gasteiger partial charge in [0.2, 0.25) is 5.91 Å². The summed E-state index contributed by atoms with van der Waals surface area (Å²) >= 11 is 0. The Labute approximate surface area is 167 Å². The molecule has 1 unspecified atom stereocenters. The minimum atomic E-state index is -0.533. The van der Waals surface area contributed by atoms with E-state index in [0.717, 1.165) is 57.5 Å². The van der Waals surface area contributed by atoms with Crippen LogP contribution >= 0.6 is 0 Å². The van der Waals surface area contributed by atoms with Gasteiger partial charge in [-0.3, -0.25) is 4.79 Å². The highest BCUT2D eigenvalue weighted by atomic mass is 16.3. The Morgan fingerprint density at radius 3 is 2.46 bits per heavy atom. The lowest BCUT2D eigenvalue weighted by molar-refractivity contribution is -0.132. The molecule has 1 saturated heterocycles. The van der Waals surface area contributed by atoms with Crippen molar-refractivity contribution < 1.29 is 9.90 Å². The van der Waals surface area contributed by atoms with Crippen LogP contribution in [-0.2, 0) is 17.6 Å². The maximum Gasteiger partial charge on any atom is 0.239 e. The first kappa shape index (κ1) is 20.4. The first-order chi connectivity index (χ1) is 13.6. The van der Waals surface area contributed by atoms with Gasteiger partial charge in [-0.15, -0.1) is 0 Å². The number of nitrogens with two attached hydrogens (primary N) is 1. The summed E-state index contributed by atoms with van der Waals surface area (Å²) in [6.07, 6.45) is 3.72. The number of aromatic hydroxyl groups is 1. The van der Waals surface area contributed by atoms with Crippen LogP contribution in [0.5, 0.6) is 5.75 Å². The van der Waals surface area contributed by atoms with Gasteiger partial charge in [0.05, 0.1) is 6.04 Å². The van der Waals surface area contributed by atoms with Gasteiger partial charge in [0, 0.05) is 19.6 Å². The smallest absolute Gasteiger partial charge is 0.239 e. The van der Waals surface area contributed by atoms with Gasteiger partial charge in [-0.05, 0) is 62.0 Å². The highest BCUT2D eigenvalue weighted by Crippen LogP contribution is 2.13. The van der Waals surface area contributed by atoms with Crippen LogP contribution in [0.25, 0.3) is 0 Å². The van der Waals surface area contributed by atoms with Crippen LogP contribution < -0.4 is 5.73 Å². The number of amides is 1. The minimum absolute atomic E-state index is 0.0270. The molecular formula is C23H31N3O2. The van der Waals surface area contributed by atoms with Crippen molar-refractivity contribution in [3.05, 3.63) is 65.7 Å². The molecule has 0 saturated carbocycles. The molecular weight excluding hydrogens is 350 g/mol. The molecule has 3 N–H and O–H groups in total. The average molecular weight is 382 g/mol. The number of nitrogens with zero attached hydrogens (tertiary/aromatic N) is 2. The van der Waals surface area contributed by atoms with Crippen molar-refractivity contribution in [1.82, 2.24) is 9.80 Å². The van der Waals surface area contributed by atoms with Crippen LogP contribution in [0, 0.1) is 0 Å². The number of carbonyl (C=O) groups excluding carboxylic acids is 1. The van der Waals surface area contributed by atoms with Gasteiger partial charge >= 0.3 is 0 Å². The van der Waals surface area contributed by atoms with E-state index in [0.29, 0.717) is 6.42 Å². The topological polar surface area (TPSA) is 69.8 Å². The Bertz CT molecular complexity index is 733. The number of phenolic OH excluding ortho intramolecular Hbond substituents is 1. The molecule has 2 aromatic carbocycles. The van der Waals surface area contributed by atoms with E-state index in [2.05, 4.69) is 35.2 Å². The maximum atomic E-state index is 12.8. The van der Waals surface area contributed by atoms with Crippen LogP contribution in [0.3, 0.4) is 0 Å². The fourth-order valence-electron chi connectivity index (χ4n) is 3.77. The zero-order valence-corrected chi connectivity index (χ0v) is 16.5. The summed E-state index contributed by atoms with van der Waals surface area (Å²) in [6.45, 7) is 4.53. The molecule has 150 valence electrons. The Morgan fingerprint density at radius 1 is 0.964 bits per heavy atom. The summed E-state index contributed by atoms with van der Waals surface area (Å²) in [4.78, 5) is 17.1. The Morgan fingerprint density at radius 2 is 1.71 bits per heavy atom. The second kappa shape index (κ2) is 10.2. The van der Waals surface area contributed by atoms with Crippen LogP contribution in [0.4, 0.5) is 0 Å². The van der Waals surface area contributed by atoms with Gasteiger partial charge in [-0.25, -0.2) is 0 Å². The monoisotopic (exact) mass is 381 g/mol. The number of benzene rings is 2. The summed E-state index contributed by atoms with van der Waals surface area (Å²) in [5, 5.41) is 9.38. The number of carbonyl (C=O) groups is 1. The highest BCUT2D eigenvalue weighted by Gasteiger charge is 2.23. The Hall–Kier alpha value is -2.37. The van der Waals surface area contributed by atoms with Crippen LogP contribution in [0.1, 0.15) is 24.0 Å². The molecule has 1 atom stereocenters. The second-order valence-corrected chi connectivity index (χ2v) is 7.59. The molecule has 0 spiro atoms.